The fraction of sp³-hybridized carbons (Fsp3) is 0.529. The molecule has 0 radical (unpaired) electrons. The van der Waals surface area contributed by atoms with E-state index in [1.54, 1.807) is 4.90 Å². The number of carbonyl (C=O) groups is 1. The zero-order valence-corrected chi connectivity index (χ0v) is 13.8. The van der Waals surface area contributed by atoms with Crippen molar-refractivity contribution in [2.24, 2.45) is 0 Å². The molecule has 5 nitrogen and oxygen atoms in total. The molecule has 22 heavy (non-hydrogen) atoms. The molecule has 1 saturated heterocycles. The maximum absolute atomic E-state index is 12.3. The van der Waals surface area contributed by atoms with Gasteiger partial charge >= 0.3 is 6.09 Å². The molecule has 1 aliphatic heterocycles. The first-order valence-corrected chi connectivity index (χ1v) is 7.68. The molecule has 1 aromatic carbocycles. The zero-order chi connectivity index (χ0) is 16.3. The quantitative estimate of drug-likeness (QED) is 0.645. The van der Waals surface area contributed by atoms with Crippen LogP contribution in [0.1, 0.15) is 39.2 Å². The van der Waals surface area contributed by atoms with E-state index < -0.39 is 5.60 Å². The fourth-order valence-electron chi connectivity index (χ4n) is 2.57. The largest absolute Gasteiger partial charge is 0.444 e. The molecule has 0 saturated carbocycles. The molecule has 1 atom stereocenters. The first kappa shape index (κ1) is 16.3. The fourth-order valence-corrected chi connectivity index (χ4v) is 2.57. The lowest BCUT2D eigenvalue weighted by Crippen LogP contribution is -2.45. The smallest absolute Gasteiger partial charge is 0.410 e. The summed E-state index contributed by atoms with van der Waals surface area (Å²) in [5, 5.41) is 11.4. The number of ether oxygens (including phenoxy) is 1. The van der Waals surface area contributed by atoms with Crippen LogP contribution in [0.3, 0.4) is 0 Å². The number of carbonyl (C=O) groups excluding carboxylic acids is 1. The highest BCUT2D eigenvalue weighted by Crippen LogP contribution is 2.22. The Hall–Kier alpha value is -2.04. The summed E-state index contributed by atoms with van der Waals surface area (Å²) in [6, 6.07) is 7.63. The van der Waals surface area contributed by atoms with Crippen molar-refractivity contribution in [1.29, 1.82) is 5.41 Å². The normalized spacial score (nSPS) is 18.2. The van der Waals surface area contributed by atoms with Crippen molar-refractivity contribution < 1.29 is 9.53 Å². The van der Waals surface area contributed by atoms with Crippen molar-refractivity contribution >= 4 is 17.6 Å². The van der Waals surface area contributed by atoms with Gasteiger partial charge in [0, 0.05) is 12.2 Å². The van der Waals surface area contributed by atoms with E-state index in [4.69, 9.17) is 10.1 Å². The Labute approximate surface area is 132 Å². The zero-order valence-electron chi connectivity index (χ0n) is 13.8. The minimum Gasteiger partial charge on any atom is -0.444 e. The Morgan fingerprint density at radius 1 is 1.41 bits per heavy atom. The van der Waals surface area contributed by atoms with Crippen molar-refractivity contribution in [3.63, 3.8) is 0 Å². The Bertz CT molecular complexity index is 563. The molecule has 1 aliphatic rings. The Balaban J connectivity index is 2.03. The van der Waals surface area contributed by atoms with Crippen LogP contribution in [0.15, 0.2) is 24.3 Å². The molecular weight excluding hydrogens is 278 g/mol. The second kappa shape index (κ2) is 6.38. The van der Waals surface area contributed by atoms with Gasteiger partial charge in [-0.15, -0.1) is 0 Å². The summed E-state index contributed by atoms with van der Waals surface area (Å²) in [5.41, 5.74) is 1.49. The molecule has 0 bridgehead atoms. The van der Waals surface area contributed by atoms with Gasteiger partial charge in [-0.3, -0.25) is 10.3 Å². The third-order valence-corrected chi connectivity index (χ3v) is 3.51. The minimum absolute atomic E-state index is 0.240. The van der Waals surface area contributed by atoms with E-state index in [0.717, 1.165) is 24.1 Å². The lowest BCUT2D eigenvalue weighted by Gasteiger charge is -2.29. The number of hydrogen-bond donors (Lipinski definition) is 2. The standard InChI is InChI=1S/C17H25N3O2/c1-12-7-5-8-13(11-12)19-15(18)14-9-6-10-20(14)16(21)22-17(2,3)4/h5,7-8,11,14H,6,9-10H2,1-4H3,(H2,18,19)/t14-/m0/s1. The summed E-state index contributed by atoms with van der Waals surface area (Å²) in [7, 11) is 0. The summed E-state index contributed by atoms with van der Waals surface area (Å²) < 4.78 is 5.43. The summed E-state index contributed by atoms with van der Waals surface area (Å²) in [6.07, 6.45) is 1.34. The van der Waals surface area contributed by atoms with Gasteiger partial charge in [0.15, 0.2) is 0 Å². The van der Waals surface area contributed by atoms with E-state index in [-0.39, 0.29) is 12.1 Å². The van der Waals surface area contributed by atoms with Crippen molar-refractivity contribution in [2.45, 2.75) is 52.2 Å². The highest BCUT2D eigenvalue weighted by Gasteiger charge is 2.34. The summed E-state index contributed by atoms with van der Waals surface area (Å²) in [6.45, 7) is 8.21. The number of amidine groups is 1. The molecule has 0 unspecified atom stereocenters. The Morgan fingerprint density at radius 3 is 2.77 bits per heavy atom. The number of amides is 1. The number of nitrogens with zero attached hydrogens (tertiary/aromatic N) is 1. The Morgan fingerprint density at radius 2 is 2.14 bits per heavy atom. The lowest BCUT2D eigenvalue weighted by atomic mass is 10.1. The van der Waals surface area contributed by atoms with E-state index in [2.05, 4.69) is 5.32 Å². The molecule has 1 heterocycles. The highest BCUT2D eigenvalue weighted by molar-refractivity contribution is 5.99. The first-order chi connectivity index (χ1) is 10.3. The number of anilines is 1. The van der Waals surface area contributed by atoms with Gasteiger partial charge in [0.1, 0.15) is 11.4 Å². The van der Waals surface area contributed by atoms with E-state index in [1.807, 2.05) is 52.0 Å². The van der Waals surface area contributed by atoms with Crippen LogP contribution in [0.4, 0.5) is 10.5 Å². The van der Waals surface area contributed by atoms with Gasteiger partial charge in [-0.1, -0.05) is 12.1 Å². The van der Waals surface area contributed by atoms with E-state index in [0.29, 0.717) is 12.4 Å². The predicted molar refractivity (Wildman–Crippen MR) is 88.5 cm³/mol. The van der Waals surface area contributed by atoms with Gasteiger partial charge in [0.2, 0.25) is 0 Å². The molecule has 2 N–H and O–H groups in total. The SMILES string of the molecule is Cc1cccc(NC(=N)[C@@H]2CCCN2C(=O)OC(C)(C)C)c1. The minimum atomic E-state index is -0.517. The highest BCUT2D eigenvalue weighted by atomic mass is 16.6. The second-order valence-electron chi connectivity index (χ2n) is 6.74. The third-order valence-electron chi connectivity index (χ3n) is 3.51. The average molecular weight is 303 g/mol. The average Bonchev–Trinajstić information content (AvgIpc) is 2.85. The van der Waals surface area contributed by atoms with Crippen LogP contribution in [-0.2, 0) is 4.74 Å². The van der Waals surface area contributed by atoms with Gasteiger partial charge in [0.25, 0.3) is 0 Å². The maximum atomic E-state index is 12.3. The van der Waals surface area contributed by atoms with Crippen LogP contribution >= 0.6 is 0 Å². The van der Waals surface area contributed by atoms with Crippen LogP contribution in [-0.4, -0.2) is 35.0 Å². The maximum Gasteiger partial charge on any atom is 0.410 e. The van der Waals surface area contributed by atoms with Gasteiger partial charge < -0.3 is 10.1 Å². The predicted octanol–water partition coefficient (Wildman–Crippen LogP) is 3.78. The molecular formula is C17H25N3O2. The van der Waals surface area contributed by atoms with Crippen LogP contribution in [0.2, 0.25) is 0 Å². The monoisotopic (exact) mass is 303 g/mol. The van der Waals surface area contributed by atoms with E-state index in [1.165, 1.54) is 0 Å². The van der Waals surface area contributed by atoms with E-state index in [9.17, 15) is 4.79 Å². The van der Waals surface area contributed by atoms with Crippen molar-refractivity contribution in [2.75, 3.05) is 11.9 Å². The Kier molecular flexibility index (Phi) is 4.74. The molecule has 0 aromatic heterocycles. The first-order valence-electron chi connectivity index (χ1n) is 7.68. The molecule has 2 rings (SSSR count). The number of aryl methyl sites for hydroxylation is 1. The van der Waals surface area contributed by atoms with Crippen molar-refractivity contribution in [3.8, 4) is 0 Å². The third kappa shape index (κ3) is 4.23. The number of benzene rings is 1. The molecule has 1 fully saturated rings. The molecule has 0 aliphatic carbocycles. The summed E-state index contributed by atoms with van der Waals surface area (Å²) in [5.74, 6) is 0.342. The molecule has 120 valence electrons. The number of likely N-dealkylation sites (tertiary alicyclic amines) is 1. The topological polar surface area (TPSA) is 65.4 Å². The van der Waals surface area contributed by atoms with Gasteiger partial charge in [0.05, 0.1) is 6.04 Å². The van der Waals surface area contributed by atoms with Crippen LogP contribution in [0, 0.1) is 12.3 Å². The molecule has 1 aromatic rings. The molecule has 5 heteroatoms. The number of hydrogen-bond acceptors (Lipinski definition) is 3. The number of nitrogens with one attached hydrogen (secondary N) is 2. The van der Waals surface area contributed by atoms with Crippen LogP contribution in [0.25, 0.3) is 0 Å². The van der Waals surface area contributed by atoms with Crippen molar-refractivity contribution in [1.82, 2.24) is 4.90 Å². The van der Waals surface area contributed by atoms with Crippen LogP contribution in [0.5, 0.6) is 0 Å². The summed E-state index contributed by atoms with van der Waals surface area (Å²) in [4.78, 5) is 13.9. The van der Waals surface area contributed by atoms with E-state index >= 15 is 0 Å². The summed E-state index contributed by atoms with van der Waals surface area (Å²) >= 11 is 0. The van der Waals surface area contributed by atoms with Gasteiger partial charge in [-0.25, -0.2) is 4.79 Å². The second-order valence-corrected chi connectivity index (χ2v) is 6.74. The number of rotatable bonds is 2. The lowest BCUT2D eigenvalue weighted by molar-refractivity contribution is 0.0265. The van der Waals surface area contributed by atoms with Gasteiger partial charge in [-0.05, 0) is 58.2 Å². The molecule has 0 spiro atoms. The molecule has 1 amide bonds. The van der Waals surface area contributed by atoms with Crippen LogP contribution < -0.4 is 5.32 Å². The van der Waals surface area contributed by atoms with Crippen molar-refractivity contribution in [3.05, 3.63) is 29.8 Å². The van der Waals surface area contributed by atoms with Gasteiger partial charge in [-0.2, -0.15) is 0 Å².